The lowest BCUT2D eigenvalue weighted by molar-refractivity contribution is 1.31. The highest BCUT2D eigenvalue weighted by Gasteiger charge is 2.03. The van der Waals surface area contributed by atoms with Gasteiger partial charge in [0.05, 0.1) is 0 Å². The normalized spacial score (nSPS) is 11.4. The van der Waals surface area contributed by atoms with Crippen molar-refractivity contribution in [2.24, 2.45) is 4.99 Å². The first-order valence-corrected chi connectivity index (χ1v) is 6.35. The zero-order valence-corrected chi connectivity index (χ0v) is 11.6. The van der Waals surface area contributed by atoms with Crippen LogP contribution in [0.4, 0.5) is 0 Å². The maximum absolute atomic E-state index is 8.09. The maximum Gasteiger partial charge on any atom is 0.152 e. The van der Waals surface area contributed by atoms with Gasteiger partial charge in [0, 0.05) is 11.3 Å². The third-order valence-electron chi connectivity index (χ3n) is 3.25. The van der Waals surface area contributed by atoms with Crippen molar-refractivity contribution in [3.8, 4) is 0 Å². The van der Waals surface area contributed by atoms with Crippen molar-refractivity contribution < 1.29 is 0 Å². The average molecular weight is 250 g/mol. The molecule has 0 saturated carbocycles. The van der Waals surface area contributed by atoms with E-state index in [2.05, 4.69) is 18.8 Å². The van der Waals surface area contributed by atoms with Gasteiger partial charge in [-0.3, -0.25) is 5.41 Å². The molecule has 2 heteroatoms. The van der Waals surface area contributed by atoms with E-state index in [4.69, 9.17) is 5.41 Å². The number of rotatable bonds is 2. The minimum atomic E-state index is 0.310. The molecule has 0 aliphatic rings. The van der Waals surface area contributed by atoms with Crippen LogP contribution in [0, 0.1) is 19.3 Å². The minimum Gasteiger partial charge on any atom is -0.282 e. The smallest absolute Gasteiger partial charge is 0.152 e. The number of hydrogen-bond acceptors (Lipinski definition) is 1. The Morgan fingerprint density at radius 2 is 1.58 bits per heavy atom. The lowest BCUT2D eigenvalue weighted by Gasteiger charge is -2.05. The molecule has 0 saturated heterocycles. The van der Waals surface area contributed by atoms with E-state index in [0.717, 1.165) is 16.8 Å². The van der Waals surface area contributed by atoms with Crippen molar-refractivity contribution in [2.75, 3.05) is 0 Å². The fourth-order valence-corrected chi connectivity index (χ4v) is 1.86. The summed E-state index contributed by atoms with van der Waals surface area (Å²) in [6.07, 6.45) is 0. The van der Waals surface area contributed by atoms with Crippen LogP contribution in [-0.2, 0) is 0 Å². The van der Waals surface area contributed by atoms with Gasteiger partial charge in [-0.25, -0.2) is 4.99 Å². The van der Waals surface area contributed by atoms with Gasteiger partial charge in [0.2, 0.25) is 0 Å². The standard InChI is InChI=1S/C17H18N2/c1-12-9-10-16(11-13(12)2)17(18)19-14(3)15-7-5-4-6-8-15/h4-11,18H,1-3H3/b18-17?,19-14+. The third kappa shape index (κ3) is 3.16. The highest BCUT2D eigenvalue weighted by Crippen LogP contribution is 2.11. The molecule has 0 aromatic heterocycles. The first-order valence-electron chi connectivity index (χ1n) is 6.35. The van der Waals surface area contributed by atoms with Crippen molar-refractivity contribution in [1.82, 2.24) is 0 Å². The molecule has 96 valence electrons. The monoisotopic (exact) mass is 250 g/mol. The van der Waals surface area contributed by atoms with E-state index in [9.17, 15) is 0 Å². The summed E-state index contributed by atoms with van der Waals surface area (Å²) in [4.78, 5) is 4.39. The van der Waals surface area contributed by atoms with E-state index >= 15 is 0 Å². The topological polar surface area (TPSA) is 36.2 Å². The summed E-state index contributed by atoms with van der Waals surface area (Å²) in [7, 11) is 0. The summed E-state index contributed by atoms with van der Waals surface area (Å²) in [5.41, 5.74) is 5.20. The van der Waals surface area contributed by atoms with Crippen LogP contribution in [0.5, 0.6) is 0 Å². The molecule has 0 atom stereocenters. The second kappa shape index (κ2) is 5.61. The van der Waals surface area contributed by atoms with Gasteiger partial charge < -0.3 is 0 Å². The van der Waals surface area contributed by atoms with Crippen molar-refractivity contribution >= 4 is 11.5 Å². The van der Waals surface area contributed by atoms with Crippen LogP contribution in [0.2, 0.25) is 0 Å². The molecular weight excluding hydrogens is 232 g/mol. The van der Waals surface area contributed by atoms with Crippen molar-refractivity contribution in [3.05, 3.63) is 70.8 Å². The zero-order chi connectivity index (χ0) is 13.8. The Labute approximate surface area is 114 Å². The molecule has 0 fully saturated rings. The Kier molecular flexibility index (Phi) is 3.91. The maximum atomic E-state index is 8.09. The van der Waals surface area contributed by atoms with E-state index in [-0.39, 0.29) is 0 Å². The van der Waals surface area contributed by atoms with Crippen LogP contribution in [0.15, 0.2) is 53.5 Å². The van der Waals surface area contributed by atoms with Crippen LogP contribution in [0.1, 0.15) is 29.2 Å². The largest absolute Gasteiger partial charge is 0.282 e. The van der Waals surface area contributed by atoms with Crippen molar-refractivity contribution in [1.29, 1.82) is 5.41 Å². The molecule has 0 radical (unpaired) electrons. The molecule has 0 bridgehead atoms. The predicted molar refractivity (Wildman–Crippen MR) is 81.4 cm³/mol. The van der Waals surface area contributed by atoms with E-state index < -0.39 is 0 Å². The van der Waals surface area contributed by atoms with Gasteiger partial charge in [-0.2, -0.15) is 0 Å². The molecule has 2 rings (SSSR count). The summed E-state index contributed by atoms with van der Waals surface area (Å²) in [6.45, 7) is 6.06. The molecule has 2 aromatic rings. The third-order valence-corrected chi connectivity index (χ3v) is 3.25. The van der Waals surface area contributed by atoms with Gasteiger partial charge in [0.1, 0.15) is 0 Å². The number of hydrogen-bond donors (Lipinski definition) is 1. The summed E-state index contributed by atoms with van der Waals surface area (Å²) in [5.74, 6) is 0.310. The van der Waals surface area contributed by atoms with Gasteiger partial charge in [-0.05, 0) is 43.5 Å². The average Bonchev–Trinajstić information content (AvgIpc) is 2.42. The van der Waals surface area contributed by atoms with Crippen LogP contribution in [-0.4, -0.2) is 11.5 Å². The number of amidine groups is 1. The van der Waals surface area contributed by atoms with E-state index in [0.29, 0.717) is 5.84 Å². The van der Waals surface area contributed by atoms with Gasteiger partial charge in [0.15, 0.2) is 5.84 Å². The van der Waals surface area contributed by atoms with E-state index in [1.165, 1.54) is 11.1 Å². The summed E-state index contributed by atoms with van der Waals surface area (Å²) >= 11 is 0. The Hall–Kier alpha value is -2.22. The van der Waals surface area contributed by atoms with Crippen molar-refractivity contribution in [3.63, 3.8) is 0 Å². The van der Waals surface area contributed by atoms with Gasteiger partial charge in [-0.15, -0.1) is 0 Å². The highest BCUT2D eigenvalue weighted by molar-refractivity contribution is 6.10. The van der Waals surface area contributed by atoms with E-state index in [1.807, 2.05) is 55.5 Å². The minimum absolute atomic E-state index is 0.310. The second-order valence-electron chi connectivity index (χ2n) is 4.71. The van der Waals surface area contributed by atoms with Gasteiger partial charge in [-0.1, -0.05) is 42.5 Å². The van der Waals surface area contributed by atoms with E-state index in [1.54, 1.807) is 0 Å². The Morgan fingerprint density at radius 3 is 2.21 bits per heavy atom. The summed E-state index contributed by atoms with van der Waals surface area (Å²) in [5, 5.41) is 8.09. The van der Waals surface area contributed by atoms with Crippen LogP contribution in [0.25, 0.3) is 0 Å². The highest BCUT2D eigenvalue weighted by atomic mass is 14.8. The number of nitrogens with one attached hydrogen (secondary N) is 1. The number of benzene rings is 2. The van der Waals surface area contributed by atoms with Crippen molar-refractivity contribution in [2.45, 2.75) is 20.8 Å². The molecule has 2 aromatic carbocycles. The van der Waals surface area contributed by atoms with Crippen LogP contribution < -0.4 is 0 Å². The molecule has 0 amide bonds. The Balaban J connectivity index is 2.27. The number of aryl methyl sites for hydroxylation is 2. The van der Waals surface area contributed by atoms with Gasteiger partial charge >= 0.3 is 0 Å². The predicted octanol–water partition coefficient (Wildman–Crippen LogP) is 4.14. The molecule has 0 aliphatic carbocycles. The molecule has 19 heavy (non-hydrogen) atoms. The first kappa shape index (κ1) is 13.2. The quantitative estimate of drug-likeness (QED) is 0.614. The summed E-state index contributed by atoms with van der Waals surface area (Å²) < 4.78 is 0. The van der Waals surface area contributed by atoms with Crippen LogP contribution in [0.3, 0.4) is 0 Å². The Morgan fingerprint density at radius 1 is 0.895 bits per heavy atom. The lowest BCUT2D eigenvalue weighted by atomic mass is 10.1. The molecule has 0 spiro atoms. The molecule has 2 nitrogen and oxygen atoms in total. The molecule has 1 N–H and O–H groups in total. The molecular formula is C17H18N2. The lowest BCUT2D eigenvalue weighted by Crippen LogP contribution is -2.02. The zero-order valence-electron chi connectivity index (χ0n) is 11.6. The fourth-order valence-electron chi connectivity index (χ4n) is 1.86. The second-order valence-corrected chi connectivity index (χ2v) is 4.71. The SMILES string of the molecule is C/C(=N\C(=N)c1ccc(C)c(C)c1)c1ccccc1. The number of aliphatic imine (C=N–C) groups is 1. The fraction of sp³-hybridized carbons (Fsp3) is 0.176. The first-order chi connectivity index (χ1) is 9.08. The molecule has 0 unspecified atom stereocenters. The number of nitrogens with zero attached hydrogens (tertiary/aromatic N) is 1. The summed E-state index contributed by atoms with van der Waals surface area (Å²) in [6, 6.07) is 15.9. The molecule has 0 heterocycles. The van der Waals surface area contributed by atoms with Crippen LogP contribution >= 0.6 is 0 Å². The Bertz CT molecular complexity index is 625. The van der Waals surface area contributed by atoms with Gasteiger partial charge in [0.25, 0.3) is 0 Å². The molecule has 0 aliphatic heterocycles.